The first-order valence-electron chi connectivity index (χ1n) is 8.32. The Kier molecular flexibility index (Phi) is 6.73. The number of hydrogen-bond donors (Lipinski definition) is 1. The predicted molar refractivity (Wildman–Crippen MR) is 109 cm³/mol. The Bertz CT molecular complexity index is 869. The van der Waals surface area contributed by atoms with Gasteiger partial charge in [-0.05, 0) is 48.4 Å². The molecule has 0 radical (unpaired) electrons. The maximum atomic E-state index is 11.1. The van der Waals surface area contributed by atoms with E-state index in [1.165, 1.54) is 11.8 Å². The molecule has 6 nitrogen and oxygen atoms in total. The van der Waals surface area contributed by atoms with Crippen molar-refractivity contribution >= 4 is 40.7 Å². The van der Waals surface area contributed by atoms with Crippen LogP contribution >= 0.6 is 23.4 Å². The monoisotopic (exact) mass is 403 g/mol. The summed E-state index contributed by atoms with van der Waals surface area (Å²) in [7, 11) is 0. The van der Waals surface area contributed by atoms with E-state index in [2.05, 4.69) is 15.5 Å². The molecule has 1 amide bonds. The number of nitrogens with one attached hydrogen (secondary N) is 1. The van der Waals surface area contributed by atoms with Crippen molar-refractivity contribution in [3.63, 3.8) is 0 Å². The van der Waals surface area contributed by atoms with Crippen molar-refractivity contribution in [2.45, 2.75) is 13.5 Å². The van der Waals surface area contributed by atoms with Crippen LogP contribution in [0.15, 0.2) is 52.7 Å². The van der Waals surface area contributed by atoms with Crippen molar-refractivity contribution in [1.82, 2.24) is 5.32 Å². The van der Waals surface area contributed by atoms with Gasteiger partial charge in [0.1, 0.15) is 6.61 Å². The van der Waals surface area contributed by atoms with Gasteiger partial charge in [0.2, 0.25) is 5.91 Å². The molecule has 3 rings (SSSR count). The molecule has 0 unspecified atom stereocenters. The van der Waals surface area contributed by atoms with Gasteiger partial charge in [-0.25, -0.2) is 0 Å². The molecule has 27 heavy (non-hydrogen) atoms. The average Bonchev–Trinajstić information content (AvgIpc) is 3.08. The fourth-order valence-electron chi connectivity index (χ4n) is 2.26. The van der Waals surface area contributed by atoms with E-state index in [4.69, 9.17) is 21.1 Å². The first kappa shape index (κ1) is 19.3. The molecular formula is C19H18ClN3O3S. The molecule has 2 aromatic rings. The molecule has 1 aliphatic rings. The zero-order valence-corrected chi connectivity index (χ0v) is 16.2. The number of benzene rings is 2. The van der Waals surface area contributed by atoms with Crippen LogP contribution in [0, 0.1) is 0 Å². The van der Waals surface area contributed by atoms with Gasteiger partial charge in [-0.3, -0.25) is 4.79 Å². The summed E-state index contributed by atoms with van der Waals surface area (Å²) in [5, 5.41) is 11.8. The molecule has 0 aromatic heterocycles. The molecule has 0 saturated carbocycles. The van der Waals surface area contributed by atoms with Crippen LogP contribution in [0.4, 0.5) is 0 Å². The van der Waals surface area contributed by atoms with Crippen molar-refractivity contribution in [2.24, 2.45) is 10.2 Å². The smallest absolute Gasteiger partial charge is 0.236 e. The quantitative estimate of drug-likeness (QED) is 0.562. The minimum Gasteiger partial charge on any atom is -0.490 e. The Morgan fingerprint density at radius 1 is 1.19 bits per heavy atom. The van der Waals surface area contributed by atoms with Crippen LogP contribution < -0.4 is 14.8 Å². The molecule has 1 aliphatic heterocycles. The second kappa shape index (κ2) is 9.43. The maximum Gasteiger partial charge on any atom is 0.236 e. The number of amidine groups is 1. The predicted octanol–water partition coefficient (Wildman–Crippen LogP) is 3.87. The van der Waals surface area contributed by atoms with Crippen LogP contribution in [0.2, 0.25) is 5.02 Å². The number of thioether (sulfide) groups is 1. The van der Waals surface area contributed by atoms with Crippen LogP contribution in [0.25, 0.3) is 0 Å². The molecule has 0 aliphatic carbocycles. The molecule has 2 aromatic carbocycles. The van der Waals surface area contributed by atoms with Crippen molar-refractivity contribution in [1.29, 1.82) is 0 Å². The zero-order chi connectivity index (χ0) is 19.1. The standard InChI is InChI=1S/C19H18ClN3O3S/c1-2-25-17-9-14(10-21-23-19-22-18(24)12-27-19)5-8-16(17)26-11-13-3-6-15(20)7-4-13/h3-10H,2,11-12H2,1H3,(H,22,23,24). The normalized spacial score (nSPS) is 15.3. The van der Waals surface area contributed by atoms with Gasteiger partial charge in [-0.1, -0.05) is 35.5 Å². The third-order valence-electron chi connectivity index (χ3n) is 3.52. The van der Waals surface area contributed by atoms with Gasteiger partial charge in [0, 0.05) is 5.02 Å². The number of rotatable bonds is 7. The number of nitrogens with zero attached hydrogens (tertiary/aromatic N) is 2. The summed E-state index contributed by atoms with van der Waals surface area (Å²) in [6.07, 6.45) is 1.60. The van der Waals surface area contributed by atoms with E-state index >= 15 is 0 Å². The van der Waals surface area contributed by atoms with Crippen molar-refractivity contribution in [3.05, 3.63) is 58.6 Å². The van der Waals surface area contributed by atoms with E-state index in [1.807, 2.05) is 49.4 Å². The molecule has 0 atom stereocenters. The molecule has 1 N–H and O–H groups in total. The molecule has 1 saturated heterocycles. The highest BCUT2D eigenvalue weighted by molar-refractivity contribution is 8.15. The number of hydrogen-bond acceptors (Lipinski definition) is 6. The molecular weight excluding hydrogens is 386 g/mol. The van der Waals surface area contributed by atoms with Gasteiger partial charge in [0.15, 0.2) is 16.7 Å². The van der Waals surface area contributed by atoms with Gasteiger partial charge in [0.05, 0.1) is 18.6 Å². The molecule has 8 heteroatoms. The van der Waals surface area contributed by atoms with E-state index in [-0.39, 0.29) is 5.91 Å². The number of carbonyl (C=O) groups excluding carboxylic acids is 1. The zero-order valence-electron chi connectivity index (χ0n) is 14.6. The summed E-state index contributed by atoms with van der Waals surface area (Å²) in [5.41, 5.74) is 1.83. The minimum atomic E-state index is -0.0604. The highest BCUT2D eigenvalue weighted by atomic mass is 35.5. The van der Waals surface area contributed by atoms with E-state index in [9.17, 15) is 4.79 Å². The van der Waals surface area contributed by atoms with Crippen LogP contribution in [0.3, 0.4) is 0 Å². The molecule has 140 valence electrons. The number of amides is 1. The molecule has 0 spiro atoms. The fourth-order valence-corrected chi connectivity index (χ4v) is 3.02. The Labute approximate surface area is 166 Å². The third kappa shape index (κ3) is 5.74. The van der Waals surface area contributed by atoms with Crippen molar-refractivity contribution in [2.75, 3.05) is 12.4 Å². The first-order chi connectivity index (χ1) is 13.1. The maximum absolute atomic E-state index is 11.1. The number of halogens is 1. The third-order valence-corrected chi connectivity index (χ3v) is 4.63. The van der Waals surface area contributed by atoms with Gasteiger partial charge >= 0.3 is 0 Å². The average molecular weight is 404 g/mol. The summed E-state index contributed by atoms with van der Waals surface area (Å²) in [6.45, 7) is 2.84. The largest absolute Gasteiger partial charge is 0.490 e. The number of carbonyl (C=O) groups is 1. The van der Waals surface area contributed by atoms with Crippen molar-refractivity contribution in [3.8, 4) is 11.5 Å². The lowest BCUT2D eigenvalue weighted by molar-refractivity contribution is -0.116. The van der Waals surface area contributed by atoms with E-state index < -0.39 is 0 Å². The van der Waals surface area contributed by atoms with Crippen LogP contribution in [-0.2, 0) is 11.4 Å². The van der Waals surface area contributed by atoms with Crippen LogP contribution in [0.5, 0.6) is 11.5 Å². The van der Waals surface area contributed by atoms with Gasteiger partial charge < -0.3 is 14.8 Å². The SMILES string of the molecule is CCOc1cc(C=NN=C2NC(=O)CS2)ccc1OCc1ccc(Cl)cc1. The molecule has 1 fully saturated rings. The van der Waals surface area contributed by atoms with Crippen LogP contribution in [0.1, 0.15) is 18.1 Å². The summed E-state index contributed by atoms with van der Waals surface area (Å²) >= 11 is 7.23. The Morgan fingerprint density at radius 3 is 2.70 bits per heavy atom. The lowest BCUT2D eigenvalue weighted by atomic mass is 10.2. The first-order valence-corrected chi connectivity index (χ1v) is 9.68. The Morgan fingerprint density at radius 2 is 2.00 bits per heavy atom. The molecule has 1 heterocycles. The highest BCUT2D eigenvalue weighted by Gasteiger charge is 2.16. The highest BCUT2D eigenvalue weighted by Crippen LogP contribution is 2.29. The van der Waals surface area contributed by atoms with Gasteiger partial charge in [0.25, 0.3) is 0 Å². The number of ether oxygens (including phenoxy) is 2. The van der Waals surface area contributed by atoms with Gasteiger partial charge in [-0.2, -0.15) is 5.10 Å². The molecule has 0 bridgehead atoms. The lowest BCUT2D eigenvalue weighted by Gasteiger charge is -2.12. The topological polar surface area (TPSA) is 72.3 Å². The summed E-state index contributed by atoms with van der Waals surface area (Å²) in [6, 6.07) is 13.0. The minimum absolute atomic E-state index is 0.0604. The lowest BCUT2D eigenvalue weighted by Crippen LogP contribution is -2.19. The second-order valence-electron chi connectivity index (χ2n) is 5.54. The van der Waals surface area contributed by atoms with E-state index in [1.54, 1.807) is 6.21 Å². The summed E-state index contributed by atoms with van der Waals surface area (Å²) < 4.78 is 11.6. The van der Waals surface area contributed by atoms with Crippen molar-refractivity contribution < 1.29 is 14.3 Å². The fraction of sp³-hybridized carbons (Fsp3) is 0.211. The Hall–Kier alpha value is -2.51. The Balaban J connectivity index is 1.68. The van der Waals surface area contributed by atoms with Crippen LogP contribution in [-0.4, -0.2) is 29.6 Å². The summed E-state index contributed by atoms with van der Waals surface area (Å²) in [4.78, 5) is 11.1. The van der Waals surface area contributed by atoms with Gasteiger partial charge in [-0.15, -0.1) is 5.10 Å². The second-order valence-corrected chi connectivity index (χ2v) is 6.94. The van der Waals surface area contributed by atoms with E-state index in [0.29, 0.717) is 40.7 Å². The van der Waals surface area contributed by atoms with E-state index in [0.717, 1.165) is 11.1 Å². The summed E-state index contributed by atoms with van der Waals surface area (Å²) in [5.74, 6) is 1.60.